The van der Waals surface area contributed by atoms with Crippen molar-refractivity contribution in [1.82, 2.24) is 19.9 Å². The van der Waals surface area contributed by atoms with Crippen molar-refractivity contribution in [2.24, 2.45) is 15.0 Å². The maximum absolute atomic E-state index is 5.36. The van der Waals surface area contributed by atoms with E-state index in [1.807, 2.05) is 85.0 Å². The molecule has 2 aliphatic carbocycles. The van der Waals surface area contributed by atoms with Crippen LogP contribution in [-0.2, 0) is 6.54 Å². The molecule has 10 rings (SSSR count). The highest BCUT2D eigenvalue weighted by atomic mass is 15.0. The van der Waals surface area contributed by atoms with Crippen LogP contribution in [0.1, 0.15) is 29.8 Å². The zero-order chi connectivity index (χ0) is 42.4. The van der Waals surface area contributed by atoms with Crippen LogP contribution >= 0.6 is 0 Å². The minimum absolute atomic E-state index is 0.386. The van der Waals surface area contributed by atoms with Gasteiger partial charge in [0.05, 0.1) is 17.8 Å². The van der Waals surface area contributed by atoms with Crippen LogP contribution in [0.3, 0.4) is 0 Å². The van der Waals surface area contributed by atoms with Gasteiger partial charge in [-0.15, -0.1) is 0 Å². The second-order valence-electron chi connectivity index (χ2n) is 15.2. The molecule has 0 saturated carbocycles. The molecule has 300 valence electrons. The lowest BCUT2D eigenvalue weighted by Crippen LogP contribution is -2.07. The highest BCUT2D eigenvalue weighted by Crippen LogP contribution is 2.39. The van der Waals surface area contributed by atoms with Crippen LogP contribution in [0.2, 0.25) is 0 Å². The van der Waals surface area contributed by atoms with E-state index in [9.17, 15) is 0 Å². The van der Waals surface area contributed by atoms with Crippen LogP contribution in [0.25, 0.3) is 72.1 Å². The Labute approximate surface area is 366 Å². The summed E-state index contributed by atoms with van der Waals surface area (Å²) in [5, 5.41) is 5.56. The summed E-state index contributed by atoms with van der Waals surface area (Å²) in [7, 11) is 0. The number of fused-ring (bicyclic) bond motifs is 5. The van der Waals surface area contributed by atoms with Crippen LogP contribution in [0.4, 0.5) is 0 Å². The summed E-state index contributed by atoms with van der Waals surface area (Å²) in [6, 6.07) is 47.6. The van der Waals surface area contributed by atoms with Crippen LogP contribution in [0.5, 0.6) is 0 Å². The summed E-state index contributed by atoms with van der Waals surface area (Å²) in [6.45, 7) is 4.26. The average molecular weight is 812 g/mol. The number of rotatable bonds is 8. The third kappa shape index (κ3) is 8.15. The molecule has 2 heterocycles. The van der Waals surface area contributed by atoms with Gasteiger partial charge in [0.25, 0.3) is 0 Å². The summed E-state index contributed by atoms with van der Waals surface area (Å²) < 4.78 is 0. The molecular weight excluding hydrogens is 771 g/mol. The molecule has 0 fully saturated rings. The van der Waals surface area contributed by atoms with E-state index >= 15 is 0 Å². The van der Waals surface area contributed by atoms with E-state index in [0.29, 0.717) is 42.1 Å². The van der Waals surface area contributed by atoms with Gasteiger partial charge in [0.1, 0.15) is 0 Å². The lowest BCUT2D eigenvalue weighted by molar-refractivity contribution is 1.04. The number of pyridine rings is 1. The molecule has 2 aromatic heterocycles. The zero-order valence-corrected chi connectivity index (χ0v) is 34.5. The Balaban J connectivity index is 1.11. The van der Waals surface area contributed by atoms with E-state index in [-0.39, 0.29) is 0 Å². The number of amidine groups is 2. The van der Waals surface area contributed by atoms with Crippen molar-refractivity contribution in [1.29, 1.82) is 0 Å². The predicted molar refractivity (Wildman–Crippen MR) is 262 cm³/mol. The summed E-state index contributed by atoms with van der Waals surface area (Å²) in [5.74, 6) is 3.00. The van der Waals surface area contributed by atoms with Gasteiger partial charge in [-0.2, -0.15) is 0 Å². The van der Waals surface area contributed by atoms with E-state index in [0.717, 1.165) is 83.5 Å². The Morgan fingerprint density at radius 2 is 1.22 bits per heavy atom. The summed E-state index contributed by atoms with van der Waals surface area (Å²) in [4.78, 5) is 35.0. The van der Waals surface area contributed by atoms with Crippen molar-refractivity contribution < 1.29 is 0 Å². The molecule has 0 aliphatic heterocycles. The van der Waals surface area contributed by atoms with Gasteiger partial charge in [0.2, 0.25) is 0 Å². The normalized spacial score (nSPS) is 14.2. The number of nitrogens with zero attached hydrogens (tertiary/aromatic N) is 7. The van der Waals surface area contributed by atoms with Crippen molar-refractivity contribution in [2.45, 2.75) is 19.4 Å². The van der Waals surface area contributed by atoms with Gasteiger partial charge in [-0.05, 0) is 48.0 Å². The zero-order valence-electron chi connectivity index (χ0n) is 34.5. The molecule has 0 N–H and O–H groups in total. The van der Waals surface area contributed by atoms with Crippen LogP contribution in [0, 0.1) is 0 Å². The summed E-state index contributed by atoms with van der Waals surface area (Å²) in [5.41, 5.74) is 8.48. The molecule has 0 amide bonds. The van der Waals surface area contributed by atoms with Crippen molar-refractivity contribution in [2.75, 3.05) is 0 Å². The number of benzene rings is 6. The molecule has 0 unspecified atom stereocenters. The maximum atomic E-state index is 5.36. The third-order valence-electron chi connectivity index (χ3n) is 11.2. The lowest BCUT2D eigenvalue weighted by atomic mass is 9.92. The number of aromatic nitrogens is 4. The molecule has 0 atom stereocenters. The second kappa shape index (κ2) is 17.7. The lowest BCUT2D eigenvalue weighted by Gasteiger charge is -2.16. The highest BCUT2D eigenvalue weighted by molar-refractivity contribution is 6.23. The first-order valence-corrected chi connectivity index (χ1v) is 21.1. The number of para-hydroxylation sites is 1. The first-order chi connectivity index (χ1) is 31.2. The number of hydrogen-bond donors (Lipinski definition) is 0. The van der Waals surface area contributed by atoms with Gasteiger partial charge < -0.3 is 0 Å². The van der Waals surface area contributed by atoms with Gasteiger partial charge in [0.15, 0.2) is 29.1 Å². The van der Waals surface area contributed by atoms with Gasteiger partial charge in [-0.25, -0.2) is 29.9 Å². The van der Waals surface area contributed by atoms with E-state index in [1.54, 1.807) is 0 Å². The smallest absolute Gasteiger partial charge is 0.164 e. The van der Waals surface area contributed by atoms with Crippen LogP contribution < -0.4 is 0 Å². The minimum Gasteiger partial charge on any atom is -0.262 e. The second-order valence-corrected chi connectivity index (χ2v) is 15.2. The van der Waals surface area contributed by atoms with Gasteiger partial charge >= 0.3 is 0 Å². The minimum atomic E-state index is 0.386. The van der Waals surface area contributed by atoms with E-state index in [1.165, 1.54) is 0 Å². The maximum Gasteiger partial charge on any atom is 0.164 e. The fourth-order valence-corrected chi connectivity index (χ4v) is 8.09. The van der Waals surface area contributed by atoms with Crippen molar-refractivity contribution in [3.8, 4) is 34.0 Å². The molecule has 8 aromatic rings. The van der Waals surface area contributed by atoms with Gasteiger partial charge in [0, 0.05) is 49.6 Å². The molecular formula is C56H41N7. The number of allylic oxidation sites excluding steroid dienone is 11. The molecule has 0 radical (unpaired) electrons. The summed E-state index contributed by atoms with van der Waals surface area (Å²) >= 11 is 0. The van der Waals surface area contributed by atoms with Crippen molar-refractivity contribution in [3.63, 3.8) is 0 Å². The van der Waals surface area contributed by atoms with Crippen molar-refractivity contribution >= 4 is 56.4 Å². The first kappa shape index (κ1) is 38.9. The SMILES string of the molecule is C=NC(=NC(=NCc1cc2c(-c3ccc(-c4nc(C5=CC=CCC=C5)nc(-c5ccccc5)n4)cc3)nc3ccccc3c2c2ccccc12)C1=CC=CC=CC1)c1ccccc1. The molecule has 7 heteroatoms. The largest absolute Gasteiger partial charge is 0.262 e. The van der Waals surface area contributed by atoms with Crippen LogP contribution in [-0.4, -0.2) is 38.3 Å². The predicted octanol–water partition coefficient (Wildman–Crippen LogP) is 13.1. The topological polar surface area (TPSA) is 88.6 Å². The number of hydrogen-bond acceptors (Lipinski definition) is 5. The van der Waals surface area contributed by atoms with E-state index in [4.69, 9.17) is 29.9 Å². The fraction of sp³-hybridized carbons (Fsp3) is 0.0536. The Hall–Kier alpha value is -8.29. The van der Waals surface area contributed by atoms with Gasteiger partial charge in [-0.3, -0.25) is 4.99 Å². The monoisotopic (exact) mass is 811 g/mol. The molecule has 6 aromatic carbocycles. The van der Waals surface area contributed by atoms with E-state index < -0.39 is 0 Å². The molecule has 0 saturated heterocycles. The molecule has 0 bridgehead atoms. The first-order valence-electron chi connectivity index (χ1n) is 21.1. The Morgan fingerprint density at radius 3 is 2.02 bits per heavy atom. The van der Waals surface area contributed by atoms with E-state index in [2.05, 4.69) is 127 Å². The average Bonchev–Trinajstić information content (AvgIpc) is 3.81. The van der Waals surface area contributed by atoms with Crippen molar-refractivity contribution in [3.05, 3.63) is 223 Å². The Kier molecular flexibility index (Phi) is 11.0. The standard InChI is InChI=1S/C56H41N7/c1-57-52(39-20-12-6-13-21-39)60-53(40-22-8-2-3-9-23-40)58-37-44-36-48-50(46-29-17-16-28-45(44)46)47-30-18-19-31-49(47)59-51(48)38-32-34-43(35-33-38)56-62-54(41-24-10-4-5-11-25-41)61-55(63-56)42-26-14-7-15-27-42/h2-4,6-22,24-36H,1,5,23,37H2. The van der Waals surface area contributed by atoms with Gasteiger partial charge in [-0.1, -0.05) is 188 Å². The third-order valence-corrected chi connectivity index (χ3v) is 11.2. The quantitative estimate of drug-likeness (QED) is 0.0868. The Bertz CT molecular complexity index is 3300. The Morgan fingerprint density at radius 1 is 0.540 bits per heavy atom. The summed E-state index contributed by atoms with van der Waals surface area (Å²) in [6.07, 6.45) is 22.3. The molecule has 0 spiro atoms. The molecule has 63 heavy (non-hydrogen) atoms. The fourth-order valence-electron chi connectivity index (χ4n) is 8.09. The highest BCUT2D eigenvalue weighted by Gasteiger charge is 2.18. The number of aliphatic imine (C=N–C) groups is 3. The molecule has 7 nitrogen and oxygen atoms in total. The molecule has 2 aliphatic rings. The van der Waals surface area contributed by atoms with Crippen LogP contribution in [0.15, 0.2) is 221 Å².